The van der Waals surface area contributed by atoms with Gasteiger partial charge in [0.1, 0.15) is 0 Å². The number of rotatable bonds is 6. The molecule has 1 heterocycles. The molecule has 0 saturated carbocycles. The molecule has 1 aliphatic rings. The van der Waals surface area contributed by atoms with Crippen LogP contribution >= 0.6 is 0 Å². The first-order valence-corrected chi connectivity index (χ1v) is 6.86. The number of methoxy groups -OCH3 is 1. The fraction of sp³-hybridized carbons (Fsp3) is 0.375. The molecule has 1 aromatic carbocycles. The van der Waals surface area contributed by atoms with E-state index in [1.54, 1.807) is 7.11 Å². The van der Waals surface area contributed by atoms with E-state index in [9.17, 15) is 14.7 Å². The summed E-state index contributed by atoms with van der Waals surface area (Å²) < 4.78 is 5.00. The van der Waals surface area contributed by atoms with Crippen molar-refractivity contribution in [3.63, 3.8) is 0 Å². The molecule has 1 amide bonds. The van der Waals surface area contributed by atoms with E-state index in [4.69, 9.17) is 4.74 Å². The Bertz CT molecular complexity index is 565. The van der Waals surface area contributed by atoms with Crippen LogP contribution in [0.5, 0.6) is 0 Å². The van der Waals surface area contributed by atoms with Crippen molar-refractivity contribution < 1.29 is 19.4 Å². The molecule has 0 aromatic heterocycles. The molecule has 1 atom stereocenters. The highest BCUT2D eigenvalue weighted by Crippen LogP contribution is 2.37. The monoisotopic (exact) mass is 289 g/mol. The van der Waals surface area contributed by atoms with Gasteiger partial charge in [-0.25, -0.2) is 0 Å². The van der Waals surface area contributed by atoms with Crippen LogP contribution in [0.15, 0.2) is 41.7 Å². The topological polar surface area (TPSA) is 66.8 Å². The minimum atomic E-state index is -0.520. The standard InChI is InChI=1S/C16H19NO4/c1-11(18)13-14(12-7-4-3-5-8-12)17(9-6-10-21-2)16(20)15(13)19/h3-5,7-8,14,19H,6,9-10H2,1-2H3/t14-/m0/s1. The van der Waals surface area contributed by atoms with Gasteiger partial charge in [0.05, 0.1) is 11.6 Å². The summed E-state index contributed by atoms with van der Waals surface area (Å²) in [7, 11) is 1.59. The Morgan fingerprint density at radius 3 is 2.57 bits per heavy atom. The Morgan fingerprint density at radius 2 is 2.00 bits per heavy atom. The zero-order chi connectivity index (χ0) is 15.4. The minimum absolute atomic E-state index is 0.170. The number of carbonyl (C=O) groups is 2. The summed E-state index contributed by atoms with van der Waals surface area (Å²) in [5.74, 6) is -1.22. The second-order valence-corrected chi connectivity index (χ2v) is 4.98. The lowest BCUT2D eigenvalue weighted by Crippen LogP contribution is -2.32. The molecule has 5 heteroatoms. The number of ketones is 1. The maximum atomic E-state index is 12.2. The lowest BCUT2D eigenvalue weighted by atomic mass is 9.97. The summed E-state index contributed by atoms with van der Waals surface area (Å²) in [5, 5.41) is 10.0. The molecular formula is C16H19NO4. The first-order chi connectivity index (χ1) is 10.1. The normalized spacial score (nSPS) is 18.5. The van der Waals surface area contributed by atoms with Crippen LogP contribution < -0.4 is 0 Å². The largest absolute Gasteiger partial charge is 0.503 e. The Labute approximate surface area is 123 Å². The van der Waals surface area contributed by atoms with E-state index in [2.05, 4.69) is 0 Å². The number of hydrogen-bond donors (Lipinski definition) is 1. The molecule has 0 unspecified atom stereocenters. The molecule has 0 bridgehead atoms. The first-order valence-electron chi connectivity index (χ1n) is 6.86. The van der Waals surface area contributed by atoms with Crippen LogP contribution in [0.1, 0.15) is 24.9 Å². The number of aliphatic hydroxyl groups excluding tert-OH is 1. The second kappa shape index (κ2) is 6.54. The van der Waals surface area contributed by atoms with E-state index in [1.165, 1.54) is 11.8 Å². The number of ether oxygens (including phenoxy) is 1. The maximum Gasteiger partial charge on any atom is 0.290 e. The number of amides is 1. The highest BCUT2D eigenvalue weighted by molar-refractivity contribution is 6.08. The first kappa shape index (κ1) is 15.3. The van der Waals surface area contributed by atoms with E-state index >= 15 is 0 Å². The van der Waals surface area contributed by atoms with Crippen molar-refractivity contribution in [3.8, 4) is 0 Å². The average Bonchev–Trinajstić information content (AvgIpc) is 2.73. The van der Waals surface area contributed by atoms with Gasteiger partial charge >= 0.3 is 0 Å². The third-order valence-corrected chi connectivity index (χ3v) is 3.55. The van der Waals surface area contributed by atoms with Crippen LogP contribution in [0, 0.1) is 0 Å². The minimum Gasteiger partial charge on any atom is -0.503 e. The molecule has 21 heavy (non-hydrogen) atoms. The Hall–Kier alpha value is -2.14. The van der Waals surface area contributed by atoms with E-state index in [0.29, 0.717) is 19.6 Å². The van der Waals surface area contributed by atoms with Crippen LogP contribution in [0.2, 0.25) is 0 Å². The maximum absolute atomic E-state index is 12.2. The van der Waals surface area contributed by atoms with Gasteiger partial charge in [-0.1, -0.05) is 30.3 Å². The number of nitrogens with zero attached hydrogens (tertiary/aromatic N) is 1. The van der Waals surface area contributed by atoms with Crippen molar-refractivity contribution in [1.29, 1.82) is 0 Å². The highest BCUT2D eigenvalue weighted by atomic mass is 16.5. The third kappa shape index (κ3) is 2.97. The smallest absolute Gasteiger partial charge is 0.290 e. The Balaban J connectivity index is 2.37. The zero-order valence-corrected chi connectivity index (χ0v) is 12.2. The molecule has 2 rings (SSSR count). The van der Waals surface area contributed by atoms with Crippen molar-refractivity contribution in [2.24, 2.45) is 0 Å². The van der Waals surface area contributed by atoms with Gasteiger partial charge in [0.15, 0.2) is 11.5 Å². The van der Waals surface area contributed by atoms with Gasteiger partial charge in [-0.2, -0.15) is 0 Å². The number of Topliss-reactive ketones (excluding diaryl/α,β-unsaturated/α-hetero) is 1. The van der Waals surface area contributed by atoms with Gasteiger partial charge in [0.2, 0.25) is 0 Å². The number of carbonyl (C=O) groups excluding carboxylic acids is 2. The van der Waals surface area contributed by atoms with Crippen molar-refractivity contribution in [2.75, 3.05) is 20.3 Å². The molecule has 0 fully saturated rings. The van der Waals surface area contributed by atoms with Gasteiger partial charge in [-0.15, -0.1) is 0 Å². The van der Waals surface area contributed by atoms with Crippen molar-refractivity contribution in [1.82, 2.24) is 4.90 Å². The van der Waals surface area contributed by atoms with E-state index < -0.39 is 17.7 Å². The van der Waals surface area contributed by atoms with E-state index in [-0.39, 0.29) is 11.4 Å². The summed E-state index contributed by atoms with van der Waals surface area (Å²) >= 11 is 0. The molecule has 0 spiro atoms. The van der Waals surface area contributed by atoms with Gasteiger partial charge in [0, 0.05) is 20.3 Å². The third-order valence-electron chi connectivity index (χ3n) is 3.55. The number of aliphatic hydroxyl groups is 1. The van der Waals surface area contributed by atoms with Crippen molar-refractivity contribution in [3.05, 3.63) is 47.2 Å². The molecule has 0 radical (unpaired) electrons. The molecular weight excluding hydrogens is 270 g/mol. The molecule has 112 valence electrons. The SMILES string of the molecule is COCCCN1C(=O)C(O)=C(C(C)=O)[C@@H]1c1ccccc1. The van der Waals surface area contributed by atoms with E-state index in [0.717, 1.165) is 5.56 Å². The lowest BCUT2D eigenvalue weighted by Gasteiger charge is -2.26. The predicted molar refractivity (Wildman–Crippen MR) is 77.7 cm³/mol. The van der Waals surface area contributed by atoms with Crippen LogP contribution in [0.25, 0.3) is 0 Å². The molecule has 0 saturated heterocycles. The Kier molecular flexibility index (Phi) is 4.75. The summed E-state index contributed by atoms with van der Waals surface area (Å²) in [5.41, 5.74) is 0.987. The molecule has 1 N–H and O–H groups in total. The lowest BCUT2D eigenvalue weighted by molar-refractivity contribution is -0.129. The summed E-state index contributed by atoms with van der Waals surface area (Å²) in [6, 6.07) is 8.74. The summed E-state index contributed by atoms with van der Waals surface area (Å²) in [6.07, 6.45) is 0.643. The molecule has 1 aromatic rings. The number of hydrogen-bond acceptors (Lipinski definition) is 4. The van der Waals surface area contributed by atoms with Gasteiger partial charge in [-0.05, 0) is 18.9 Å². The van der Waals surface area contributed by atoms with Gasteiger partial charge in [-0.3, -0.25) is 9.59 Å². The highest BCUT2D eigenvalue weighted by Gasteiger charge is 2.41. The number of benzene rings is 1. The van der Waals surface area contributed by atoms with E-state index in [1.807, 2.05) is 30.3 Å². The van der Waals surface area contributed by atoms with Crippen LogP contribution in [0.3, 0.4) is 0 Å². The quantitative estimate of drug-likeness (QED) is 0.813. The molecule has 5 nitrogen and oxygen atoms in total. The zero-order valence-electron chi connectivity index (χ0n) is 12.2. The fourth-order valence-electron chi connectivity index (χ4n) is 2.60. The second-order valence-electron chi connectivity index (χ2n) is 4.98. The summed E-state index contributed by atoms with van der Waals surface area (Å²) in [6.45, 7) is 2.31. The van der Waals surface area contributed by atoms with Crippen LogP contribution in [0.4, 0.5) is 0 Å². The van der Waals surface area contributed by atoms with Gasteiger partial charge in [0.25, 0.3) is 5.91 Å². The van der Waals surface area contributed by atoms with Crippen LogP contribution in [-0.4, -0.2) is 42.0 Å². The van der Waals surface area contributed by atoms with Crippen LogP contribution in [-0.2, 0) is 14.3 Å². The molecule has 0 aliphatic carbocycles. The fourth-order valence-corrected chi connectivity index (χ4v) is 2.60. The van der Waals surface area contributed by atoms with Crippen molar-refractivity contribution in [2.45, 2.75) is 19.4 Å². The van der Waals surface area contributed by atoms with Crippen molar-refractivity contribution >= 4 is 11.7 Å². The summed E-state index contributed by atoms with van der Waals surface area (Å²) in [4.78, 5) is 25.6. The predicted octanol–water partition coefficient (Wildman–Crippen LogP) is 2.01. The molecule has 1 aliphatic heterocycles. The Morgan fingerprint density at radius 1 is 1.33 bits per heavy atom. The van der Waals surface area contributed by atoms with Gasteiger partial charge < -0.3 is 14.7 Å². The average molecular weight is 289 g/mol.